The van der Waals surface area contributed by atoms with Crippen LogP contribution in [0.15, 0.2) is 0 Å². The molecule has 0 heterocycles. The molecule has 4 bridgehead atoms. The number of aliphatic hydroxyl groups excluding tert-OH is 1. The maximum atomic E-state index is 8.75. The van der Waals surface area contributed by atoms with Gasteiger partial charge in [0.05, 0.1) is 0 Å². The highest BCUT2D eigenvalue weighted by Gasteiger charge is 2.47. The van der Waals surface area contributed by atoms with Crippen LogP contribution < -0.4 is 5.32 Å². The largest absolute Gasteiger partial charge is 0.396 e. The summed E-state index contributed by atoms with van der Waals surface area (Å²) < 4.78 is 0. The van der Waals surface area contributed by atoms with Crippen molar-refractivity contribution in [3.8, 4) is 0 Å². The lowest BCUT2D eigenvalue weighted by atomic mass is 9.54. The van der Waals surface area contributed by atoms with E-state index in [0.29, 0.717) is 6.61 Å². The molecule has 104 valence electrons. The maximum absolute atomic E-state index is 8.75. The lowest BCUT2D eigenvalue weighted by Crippen LogP contribution is -2.54. The van der Waals surface area contributed by atoms with Crippen LogP contribution in [0.2, 0.25) is 0 Å². The Kier molecular flexibility index (Phi) is 4.25. The van der Waals surface area contributed by atoms with E-state index in [0.717, 1.165) is 36.1 Å². The Labute approximate surface area is 112 Å². The molecule has 0 aliphatic heterocycles. The zero-order valence-electron chi connectivity index (χ0n) is 11.6. The fraction of sp³-hybridized carbons (Fsp3) is 1.00. The van der Waals surface area contributed by atoms with Gasteiger partial charge in [-0.15, -0.1) is 0 Å². The summed E-state index contributed by atoms with van der Waals surface area (Å²) >= 11 is 0. The molecule has 0 unspecified atom stereocenters. The SMILES string of the molecule is OCCCCCCNC1C2CC3CC(C2)CC1C3. The first-order chi connectivity index (χ1) is 8.86. The molecular weight excluding hydrogens is 222 g/mol. The molecule has 4 aliphatic rings. The second-order valence-corrected chi connectivity index (χ2v) is 7.05. The van der Waals surface area contributed by atoms with Gasteiger partial charge in [0, 0.05) is 12.6 Å². The van der Waals surface area contributed by atoms with Crippen LogP contribution in [-0.2, 0) is 0 Å². The molecule has 4 rings (SSSR count). The second-order valence-electron chi connectivity index (χ2n) is 7.05. The van der Waals surface area contributed by atoms with Crippen LogP contribution in [-0.4, -0.2) is 24.3 Å². The minimum atomic E-state index is 0.364. The lowest BCUT2D eigenvalue weighted by molar-refractivity contribution is -0.0136. The van der Waals surface area contributed by atoms with Crippen molar-refractivity contribution in [3.05, 3.63) is 0 Å². The molecule has 4 fully saturated rings. The van der Waals surface area contributed by atoms with E-state index in [4.69, 9.17) is 5.11 Å². The quantitative estimate of drug-likeness (QED) is 0.682. The molecule has 2 nitrogen and oxygen atoms in total. The zero-order chi connectivity index (χ0) is 12.4. The minimum absolute atomic E-state index is 0.364. The topological polar surface area (TPSA) is 32.3 Å². The number of unbranched alkanes of at least 4 members (excludes halogenated alkanes) is 3. The van der Waals surface area contributed by atoms with Crippen molar-refractivity contribution in [1.82, 2.24) is 5.32 Å². The number of hydrogen-bond donors (Lipinski definition) is 2. The second kappa shape index (κ2) is 5.92. The van der Waals surface area contributed by atoms with E-state index in [-0.39, 0.29) is 0 Å². The molecule has 18 heavy (non-hydrogen) atoms. The molecule has 0 amide bonds. The summed E-state index contributed by atoms with van der Waals surface area (Å²) in [5, 5.41) is 12.6. The van der Waals surface area contributed by atoms with Crippen LogP contribution in [0.3, 0.4) is 0 Å². The summed E-state index contributed by atoms with van der Waals surface area (Å²) in [5.41, 5.74) is 0. The fourth-order valence-electron chi connectivity index (χ4n) is 5.12. The van der Waals surface area contributed by atoms with Gasteiger partial charge in [0.1, 0.15) is 0 Å². The Balaban J connectivity index is 1.38. The summed E-state index contributed by atoms with van der Waals surface area (Å²) in [6.45, 7) is 1.57. The standard InChI is InChI=1S/C16H29NO/c18-6-4-2-1-3-5-17-16-14-8-12-7-13(10-14)11-15(16)9-12/h12-18H,1-11H2. The summed E-state index contributed by atoms with van der Waals surface area (Å²) in [6.07, 6.45) is 12.4. The first-order valence-electron chi connectivity index (χ1n) is 8.21. The van der Waals surface area contributed by atoms with Gasteiger partial charge in [-0.05, 0) is 75.2 Å². The van der Waals surface area contributed by atoms with Crippen LogP contribution in [0, 0.1) is 23.7 Å². The van der Waals surface area contributed by atoms with E-state index in [1.54, 1.807) is 6.42 Å². The highest BCUT2D eigenvalue weighted by atomic mass is 16.2. The molecule has 0 aromatic heterocycles. The molecule has 4 saturated carbocycles. The van der Waals surface area contributed by atoms with E-state index in [2.05, 4.69) is 5.32 Å². The Bertz CT molecular complexity index is 238. The molecule has 0 atom stereocenters. The van der Waals surface area contributed by atoms with Crippen molar-refractivity contribution < 1.29 is 5.11 Å². The van der Waals surface area contributed by atoms with Gasteiger partial charge in [-0.25, -0.2) is 0 Å². The average Bonchev–Trinajstić information content (AvgIpc) is 2.35. The maximum Gasteiger partial charge on any atom is 0.0431 e. The monoisotopic (exact) mass is 251 g/mol. The van der Waals surface area contributed by atoms with Crippen molar-refractivity contribution in [2.75, 3.05) is 13.2 Å². The van der Waals surface area contributed by atoms with Crippen LogP contribution in [0.5, 0.6) is 0 Å². The first-order valence-corrected chi connectivity index (χ1v) is 8.21. The third-order valence-corrected chi connectivity index (χ3v) is 5.69. The van der Waals surface area contributed by atoms with Crippen molar-refractivity contribution >= 4 is 0 Å². The third-order valence-electron chi connectivity index (χ3n) is 5.69. The van der Waals surface area contributed by atoms with Crippen LogP contribution in [0.4, 0.5) is 0 Å². The van der Waals surface area contributed by atoms with Gasteiger partial charge in [0.15, 0.2) is 0 Å². The van der Waals surface area contributed by atoms with Gasteiger partial charge in [0.25, 0.3) is 0 Å². The predicted molar refractivity (Wildman–Crippen MR) is 74.4 cm³/mol. The van der Waals surface area contributed by atoms with E-state index in [1.807, 2.05) is 0 Å². The summed E-state index contributed by atoms with van der Waals surface area (Å²) in [4.78, 5) is 0. The van der Waals surface area contributed by atoms with Gasteiger partial charge in [-0.2, -0.15) is 0 Å². The molecule has 0 spiro atoms. The number of hydrogen-bond acceptors (Lipinski definition) is 2. The summed E-state index contributed by atoms with van der Waals surface area (Å²) in [6, 6.07) is 0.857. The number of nitrogens with one attached hydrogen (secondary N) is 1. The lowest BCUT2D eigenvalue weighted by Gasteiger charge is -2.54. The summed E-state index contributed by atoms with van der Waals surface area (Å²) in [5.74, 6) is 4.21. The highest BCUT2D eigenvalue weighted by molar-refractivity contribution is 5.01. The number of aliphatic hydroxyl groups is 1. The molecule has 0 aromatic rings. The van der Waals surface area contributed by atoms with Crippen molar-refractivity contribution in [2.45, 2.75) is 63.8 Å². The molecule has 0 radical (unpaired) electrons. The average molecular weight is 251 g/mol. The van der Waals surface area contributed by atoms with E-state index in [1.165, 1.54) is 51.5 Å². The minimum Gasteiger partial charge on any atom is -0.396 e. The van der Waals surface area contributed by atoms with Crippen LogP contribution in [0.1, 0.15) is 57.8 Å². The Morgan fingerprint density at radius 2 is 1.39 bits per heavy atom. The van der Waals surface area contributed by atoms with Gasteiger partial charge >= 0.3 is 0 Å². The van der Waals surface area contributed by atoms with Crippen LogP contribution >= 0.6 is 0 Å². The van der Waals surface area contributed by atoms with Crippen LogP contribution in [0.25, 0.3) is 0 Å². The molecular formula is C16H29NO. The van der Waals surface area contributed by atoms with Gasteiger partial charge in [-0.3, -0.25) is 0 Å². The van der Waals surface area contributed by atoms with E-state index >= 15 is 0 Å². The molecule has 0 aromatic carbocycles. The van der Waals surface area contributed by atoms with E-state index in [9.17, 15) is 0 Å². The fourth-order valence-corrected chi connectivity index (χ4v) is 5.12. The van der Waals surface area contributed by atoms with Gasteiger partial charge < -0.3 is 10.4 Å². The number of rotatable bonds is 7. The van der Waals surface area contributed by atoms with E-state index < -0.39 is 0 Å². The Morgan fingerprint density at radius 1 is 0.778 bits per heavy atom. The smallest absolute Gasteiger partial charge is 0.0431 e. The zero-order valence-corrected chi connectivity index (χ0v) is 11.6. The normalized spacial score (nSPS) is 41.5. The third kappa shape index (κ3) is 2.75. The first kappa shape index (κ1) is 12.9. The highest BCUT2D eigenvalue weighted by Crippen LogP contribution is 2.53. The Hall–Kier alpha value is -0.0800. The van der Waals surface area contributed by atoms with Gasteiger partial charge in [0.2, 0.25) is 0 Å². The summed E-state index contributed by atoms with van der Waals surface area (Å²) in [7, 11) is 0. The molecule has 4 aliphatic carbocycles. The van der Waals surface area contributed by atoms with Crippen molar-refractivity contribution in [3.63, 3.8) is 0 Å². The molecule has 2 N–H and O–H groups in total. The van der Waals surface area contributed by atoms with Crippen molar-refractivity contribution in [2.24, 2.45) is 23.7 Å². The molecule has 0 saturated heterocycles. The van der Waals surface area contributed by atoms with Gasteiger partial charge in [-0.1, -0.05) is 12.8 Å². The Morgan fingerprint density at radius 3 is 2.00 bits per heavy atom. The predicted octanol–water partition coefficient (Wildman–Crippen LogP) is 2.95. The molecule has 2 heteroatoms. The van der Waals surface area contributed by atoms with Crippen molar-refractivity contribution in [1.29, 1.82) is 0 Å².